The molecule has 0 amide bonds. The minimum atomic E-state index is 0. The fourth-order valence-electron chi connectivity index (χ4n) is 1.34. The minimum absolute atomic E-state index is 0. The van der Waals surface area contributed by atoms with Crippen LogP contribution in [0.15, 0.2) is 0 Å². The van der Waals surface area contributed by atoms with Crippen LogP contribution in [0.1, 0.15) is 35.6 Å². The Morgan fingerprint density at radius 2 is 1.42 bits per heavy atom. The molecule has 1 heterocycles. The molecule has 1 aliphatic rings. The van der Waals surface area contributed by atoms with Gasteiger partial charge >= 0.3 is 0 Å². The number of piperazine rings is 1. The zero-order chi connectivity index (χ0) is 7.61. The first-order valence-electron chi connectivity index (χ1n) is 4.06. The lowest BCUT2D eigenvalue weighted by atomic mass is 10.1. The first-order valence-corrected chi connectivity index (χ1v) is 4.06. The van der Waals surface area contributed by atoms with Crippen LogP contribution in [0.25, 0.3) is 0 Å². The van der Waals surface area contributed by atoms with Crippen LogP contribution in [0.5, 0.6) is 0 Å². The molecule has 76 valence electrons. The van der Waals surface area contributed by atoms with Crippen molar-refractivity contribution in [1.82, 2.24) is 10.2 Å². The van der Waals surface area contributed by atoms with Crippen LogP contribution < -0.4 is 5.32 Å². The zero-order valence-electron chi connectivity index (χ0n) is 7.28. The van der Waals surface area contributed by atoms with Crippen LogP contribution in [-0.2, 0) is 0 Å². The number of nitrogens with one attached hydrogen (secondary N) is 1. The molecule has 0 spiro atoms. The fraction of sp³-hybridized carbons (Fsp3) is 1.00. The van der Waals surface area contributed by atoms with Crippen molar-refractivity contribution in [2.75, 3.05) is 26.2 Å². The van der Waals surface area contributed by atoms with Gasteiger partial charge in [-0.1, -0.05) is 14.9 Å². The second-order valence-electron chi connectivity index (χ2n) is 3.91. The Hall–Kier alpha value is -0.0800. The Labute approximate surface area is 78.3 Å². The summed E-state index contributed by atoms with van der Waals surface area (Å²) in [7, 11) is 0. The summed E-state index contributed by atoms with van der Waals surface area (Å²) in [6.45, 7) is 11.5. The normalized spacial score (nSPS) is 19.2. The Kier molecular flexibility index (Phi) is 6.68. The summed E-state index contributed by atoms with van der Waals surface area (Å²) in [6.07, 6.45) is 0. The standard InChI is InChI=1S/C8H18N2.2CH4/c1-8(2,3)10-6-4-9-5-7-10;;/h9H,4-7H2,1-3H3;2*1H4. The van der Waals surface area contributed by atoms with Crippen molar-refractivity contribution < 1.29 is 0 Å². The van der Waals surface area contributed by atoms with E-state index in [9.17, 15) is 0 Å². The van der Waals surface area contributed by atoms with Crippen LogP contribution in [0, 0.1) is 0 Å². The van der Waals surface area contributed by atoms with Crippen LogP contribution in [0.3, 0.4) is 0 Å². The van der Waals surface area contributed by atoms with Gasteiger partial charge in [0.15, 0.2) is 0 Å². The highest BCUT2D eigenvalue weighted by molar-refractivity contribution is 4.79. The van der Waals surface area contributed by atoms with Crippen molar-refractivity contribution in [2.45, 2.75) is 41.2 Å². The summed E-state index contributed by atoms with van der Waals surface area (Å²) in [6, 6.07) is 0. The lowest BCUT2D eigenvalue weighted by Crippen LogP contribution is -2.51. The number of nitrogens with zero attached hydrogens (tertiary/aromatic N) is 1. The Morgan fingerprint density at radius 1 is 1.00 bits per heavy atom. The van der Waals surface area contributed by atoms with E-state index in [1.807, 2.05) is 0 Å². The molecule has 1 aliphatic heterocycles. The Balaban J connectivity index is 0. The molecule has 0 aliphatic carbocycles. The summed E-state index contributed by atoms with van der Waals surface area (Å²) >= 11 is 0. The van der Waals surface area contributed by atoms with Gasteiger partial charge in [0.2, 0.25) is 0 Å². The van der Waals surface area contributed by atoms with E-state index in [0.29, 0.717) is 5.54 Å². The highest BCUT2D eigenvalue weighted by Crippen LogP contribution is 2.12. The molecule has 0 saturated carbocycles. The molecule has 1 fully saturated rings. The van der Waals surface area contributed by atoms with Gasteiger partial charge in [-0.25, -0.2) is 0 Å². The van der Waals surface area contributed by atoms with E-state index >= 15 is 0 Å². The minimum Gasteiger partial charge on any atom is -0.314 e. The third kappa shape index (κ3) is 4.07. The van der Waals surface area contributed by atoms with E-state index in [0.717, 1.165) is 13.1 Å². The van der Waals surface area contributed by atoms with Gasteiger partial charge < -0.3 is 5.32 Å². The smallest absolute Gasteiger partial charge is 0.0126 e. The van der Waals surface area contributed by atoms with E-state index < -0.39 is 0 Å². The van der Waals surface area contributed by atoms with Gasteiger partial charge in [0.25, 0.3) is 0 Å². The SMILES string of the molecule is C.C.CC(C)(C)N1CCNCC1. The molecule has 12 heavy (non-hydrogen) atoms. The van der Waals surface area contributed by atoms with Crippen LogP contribution in [0.2, 0.25) is 0 Å². The average Bonchev–Trinajstić information content (AvgIpc) is 1.88. The Morgan fingerprint density at radius 3 is 1.67 bits per heavy atom. The van der Waals surface area contributed by atoms with Gasteiger partial charge in [-0.15, -0.1) is 0 Å². The molecule has 1 rings (SSSR count). The van der Waals surface area contributed by atoms with Crippen LogP contribution in [0.4, 0.5) is 0 Å². The molecule has 0 radical (unpaired) electrons. The highest BCUT2D eigenvalue weighted by atomic mass is 15.2. The monoisotopic (exact) mass is 174 g/mol. The average molecular weight is 174 g/mol. The quantitative estimate of drug-likeness (QED) is 0.604. The van der Waals surface area contributed by atoms with Crippen LogP contribution in [-0.4, -0.2) is 36.6 Å². The maximum atomic E-state index is 3.35. The first-order chi connectivity index (χ1) is 4.61. The molecule has 0 unspecified atom stereocenters. The second kappa shape index (κ2) is 5.55. The maximum absolute atomic E-state index is 3.35. The van der Waals surface area contributed by atoms with Gasteiger partial charge in [0.05, 0.1) is 0 Å². The van der Waals surface area contributed by atoms with Crippen molar-refractivity contribution in [2.24, 2.45) is 0 Å². The van der Waals surface area contributed by atoms with Crippen molar-refractivity contribution in [3.05, 3.63) is 0 Å². The predicted octanol–water partition coefficient (Wildman–Crippen LogP) is 1.96. The molecule has 2 nitrogen and oxygen atoms in total. The van der Waals surface area contributed by atoms with Gasteiger partial charge in [-0.05, 0) is 20.8 Å². The molecule has 0 aromatic heterocycles. The molecule has 0 atom stereocenters. The van der Waals surface area contributed by atoms with E-state index in [4.69, 9.17) is 0 Å². The molecule has 0 aromatic carbocycles. The fourth-order valence-corrected chi connectivity index (χ4v) is 1.34. The van der Waals surface area contributed by atoms with Crippen molar-refractivity contribution >= 4 is 0 Å². The lowest BCUT2D eigenvalue weighted by molar-refractivity contribution is 0.119. The summed E-state index contributed by atoms with van der Waals surface area (Å²) in [4.78, 5) is 2.52. The zero-order valence-corrected chi connectivity index (χ0v) is 7.28. The molecule has 0 aromatic rings. The third-order valence-electron chi connectivity index (χ3n) is 2.07. The van der Waals surface area contributed by atoms with E-state index in [2.05, 4.69) is 31.0 Å². The third-order valence-corrected chi connectivity index (χ3v) is 2.07. The summed E-state index contributed by atoms with van der Waals surface area (Å²) in [5, 5.41) is 3.35. The Bertz CT molecular complexity index is 98.9. The topological polar surface area (TPSA) is 15.3 Å². The van der Waals surface area contributed by atoms with Crippen molar-refractivity contribution in [1.29, 1.82) is 0 Å². The maximum Gasteiger partial charge on any atom is 0.0126 e. The molecule has 1 saturated heterocycles. The van der Waals surface area contributed by atoms with Crippen molar-refractivity contribution in [3.8, 4) is 0 Å². The highest BCUT2D eigenvalue weighted by Gasteiger charge is 2.21. The molecular weight excluding hydrogens is 148 g/mol. The number of hydrogen-bond acceptors (Lipinski definition) is 2. The van der Waals surface area contributed by atoms with Gasteiger partial charge in [0.1, 0.15) is 0 Å². The second-order valence-corrected chi connectivity index (χ2v) is 3.91. The molecule has 1 N–H and O–H groups in total. The van der Waals surface area contributed by atoms with E-state index in [1.165, 1.54) is 13.1 Å². The largest absolute Gasteiger partial charge is 0.314 e. The van der Waals surface area contributed by atoms with Crippen LogP contribution >= 0.6 is 0 Å². The molecule has 2 heteroatoms. The summed E-state index contributed by atoms with van der Waals surface area (Å²) in [5.41, 5.74) is 0.363. The van der Waals surface area contributed by atoms with Gasteiger partial charge in [-0.3, -0.25) is 4.90 Å². The van der Waals surface area contributed by atoms with Gasteiger partial charge in [0, 0.05) is 31.7 Å². The molecule has 0 bridgehead atoms. The summed E-state index contributed by atoms with van der Waals surface area (Å²) < 4.78 is 0. The van der Waals surface area contributed by atoms with Crippen molar-refractivity contribution in [3.63, 3.8) is 0 Å². The predicted molar refractivity (Wildman–Crippen MR) is 57.7 cm³/mol. The number of rotatable bonds is 0. The van der Waals surface area contributed by atoms with E-state index in [-0.39, 0.29) is 14.9 Å². The van der Waals surface area contributed by atoms with E-state index in [1.54, 1.807) is 0 Å². The summed E-state index contributed by atoms with van der Waals surface area (Å²) in [5.74, 6) is 0. The lowest BCUT2D eigenvalue weighted by Gasteiger charge is -2.38. The molecular formula is C10H26N2. The van der Waals surface area contributed by atoms with Gasteiger partial charge in [-0.2, -0.15) is 0 Å². The number of hydrogen-bond donors (Lipinski definition) is 1. The first kappa shape index (κ1) is 14.4.